The largest absolute Gasteiger partial charge is 0.493 e. The molecule has 0 saturated carbocycles. The van der Waals surface area contributed by atoms with Gasteiger partial charge < -0.3 is 14.8 Å². The average Bonchev–Trinajstić information content (AvgIpc) is 2.60. The number of ether oxygens (including phenoxy) is 2. The Morgan fingerprint density at radius 2 is 2.15 bits per heavy atom. The summed E-state index contributed by atoms with van der Waals surface area (Å²) in [5.41, 5.74) is 4.09. The van der Waals surface area contributed by atoms with E-state index in [0.717, 1.165) is 0 Å². The summed E-state index contributed by atoms with van der Waals surface area (Å²) in [4.78, 5) is 0. The van der Waals surface area contributed by atoms with Gasteiger partial charge in [0.05, 0.1) is 18.3 Å². The summed E-state index contributed by atoms with van der Waals surface area (Å²) >= 11 is 11.3. The van der Waals surface area contributed by atoms with Crippen molar-refractivity contribution in [3.05, 3.63) is 58.4 Å². The minimum absolute atomic E-state index is 0.166. The lowest BCUT2D eigenvalue weighted by molar-refractivity contribution is 0.284. The third kappa shape index (κ3) is 5.86. The molecule has 2 aromatic rings. The van der Waals surface area contributed by atoms with Gasteiger partial charge in [-0.2, -0.15) is 5.10 Å². The van der Waals surface area contributed by atoms with E-state index in [2.05, 4.69) is 15.8 Å². The second kappa shape index (κ2) is 9.94. The SMILES string of the molecule is CCNC(=S)N/N=C\c1cc(Cl)c(OCc2cccc(F)c2)c(OC)c1. The molecule has 0 aliphatic rings. The summed E-state index contributed by atoms with van der Waals surface area (Å²) < 4.78 is 24.3. The van der Waals surface area contributed by atoms with Crippen molar-refractivity contribution in [1.82, 2.24) is 10.7 Å². The van der Waals surface area contributed by atoms with E-state index < -0.39 is 0 Å². The molecule has 0 aliphatic carbocycles. The van der Waals surface area contributed by atoms with Crippen molar-refractivity contribution in [3.63, 3.8) is 0 Å². The van der Waals surface area contributed by atoms with Crippen molar-refractivity contribution in [1.29, 1.82) is 0 Å². The van der Waals surface area contributed by atoms with Crippen LogP contribution in [-0.2, 0) is 6.61 Å². The number of hydrogen-bond donors (Lipinski definition) is 2. The van der Waals surface area contributed by atoms with Gasteiger partial charge in [-0.1, -0.05) is 23.7 Å². The highest BCUT2D eigenvalue weighted by atomic mass is 35.5. The van der Waals surface area contributed by atoms with Crippen molar-refractivity contribution in [2.24, 2.45) is 5.10 Å². The molecule has 0 heterocycles. The Balaban J connectivity index is 2.10. The number of methoxy groups -OCH3 is 1. The number of hydrazone groups is 1. The van der Waals surface area contributed by atoms with E-state index in [9.17, 15) is 4.39 Å². The summed E-state index contributed by atoms with van der Waals surface area (Å²) in [6.45, 7) is 2.81. The van der Waals surface area contributed by atoms with Gasteiger partial charge in [0.15, 0.2) is 16.6 Å². The zero-order valence-electron chi connectivity index (χ0n) is 14.4. The van der Waals surface area contributed by atoms with E-state index in [-0.39, 0.29) is 12.4 Å². The molecule has 0 aromatic heterocycles. The monoisotopic (exact) mass is 395 g/mol. The number of rotatable bonds is 7. The van der Waals surface area contributed by atoms with Crippen LogP contribution in [0, 0.1) is 5.82 Å². The fourth-order valence-electron chi connectivity index (χ4n) is 2.10. The molecule has 8 heteroatoms. The quantitative estimate of drug-likeness (QED) is 0.423. The third-order valence-electron chi connectivity index (χ3n) is 3.24. The number of nitrogens with zero attached hydrogens (tertiary/aromatic N) is 1. The molecule has 0 fully saturated rings. The lowest BCUT2D eigenvalue weighted by atomic mass is 10.2. The fraction of sp³-hybridized carbons (Fsp3) is 0.222. The first-order valence-corrected chi connectivity index (χ1v) is 8.63. The number of hydrogen-bond acceptors (Lipinski definition) is 4. The maximum absolute atomic E-state index is 13.3. The van der Waals surface area contributed by atoms with Crippen LogP contribution in [-0.4, -0.2) is 25.0 Å². The highest BCUT2D eigenvalue weighted by Gasteiger charge is 2.12. The summed E-state index contributed by atoms with van der Waals surface area (Å²) in [6, 6.07) is 9.59. The molecular weight excluding hydrogens is 377 g/mol. The average molecular weight is 396 g/mol. The van der Waals surface area contributed by atoms with E-state index in [4.69, 9.17) is 33.3 Å². The molecule has 0 aliphatic heterocycles. The van der Waals surface area contributed by atoms with Crippen LogP contribution < -0.4 is 20.2 Å². The highest BCUT2D eigenvalue weighted by Crippen LogP contribution is 2.36. The van der Waals surface area contributed by atoms with Crippen LogP contribution in [0.4, 0.5) is 4.39 Å². The van der Waals surface area contributed by atoms with Gasteiger partial charge in [0.2, 0.25) is 0 Å². The predicted molar refractivity (Wildman–Crippen MR) is 106 cm³/mol. The molecule has 2 aromatic carbocycles. The van der Waals surface area contributed by atoms with Gasteiger partial charge in [-0.05, 0) is 54.5 Å². The van der Waals surface area contributed by atoms with Crippen LogP contribution in [0.1, 0.15) is 18.1 Å². The molecule has 0 saturated heterocycles. The van der Waals surface area contributed by atoms with E-state index in [1.54, 1.807) is 30.5 Å². The van der Waals surface area contributed by atoms with Crippen molar-refractivity contribution < 1.29 is 13.9 Å². The van der Waals surface area contributed by atoms with Gasteiger partial charge in [0.1, 0.15) is 12.4 Å². The van der Waals surface area contributed by atoms with Crippen LogP contribution in [0.25, 0.3) is 0 Å². The molecule has 5 nitrogen and oxygen atoms in total. The zero-order chi connectivity index (χ0) is 18.9. The van der Waals surface area contributed by atoms with Gasteiger partial charge in [-0.3, -0.25) is 5.43 Å². The second-order valence-electron chi connectivity index (χ2n) is 5.18. The first-order chi connectivity index (χ1) is 12.5. The van der Waals surface area contributed by atoms with E-state index in [1.165, 1.54) is 19.2 Å². The Morgan fingerprint density at radius 1 is 1.35 bits per heavy atom. The van der Waals surface area contributed by atoms with Crippen molar-refractivity contribution in [3.8, 4) is 11.5 Å². The van der Waals surface area contributed by atoms with Crippen LogP contribution >= 0.6 is 23.8 Å². The van der Waals surface area contributed by atoms with Crippen LogP contribution in [0.2, 0.25) is 5.02 Å². The Hall–Kier alpha value is -2.38. The molecule has 138 valence electrons. The fourth-order valence-corrected chi connectivity index (χ4v) is 2.57. The molecular formula is C18H19ClFN3O2S. The maximum atomic E-state index is 13.3. The number of halogens is 2. The first kappa shape index (κ1) is 19.9. The van der Waals surface area contributed by atoms with Crippen LogP contribution in [0.3, 0.4) is 0 Å². The van der Waals surface area contributed by atoms with Crippen LogP contribution in [0.15, 0.2) is 41.5 Å². The zero-order valence-corrected chi connectivity index (χ0v) is 16.0. The van der Waals surface area contributed by atoms with Gasteiger partial charge in [0, 0.05) is 6.54 Å². The Kier molecular flexibility index (Phi) is 7.62. The van der Waals surface area contributed by atoms with Crippen LogP contribution in [0.5, 0.6) is 11.5 Å². The Morgan fingerprint density at radius 3 is 2.85 bits per heavy atom. The van der Waals surface area contributed by atoms with Crippen molar-refractivity contribution >= 4 is 35.1 Å². The van der Waals surface area contributed by atoms with Gasteiger partial charge >= 0.3 is 0 Å². The summed E-state index contributed by atoms with van der Waals surface area (Å²) in [6.07, 6.45) is 1.56. The van der Waals surface area contributed by atoms with Crippen molar-refractivity contribution in [2.45, 2.75) is 13.5 Å². The number of thiocarbonyl (C=S) groups is 1. The second-order valence-corrected chi connectivity index (χ2v) is 6.00. The molecule has 0 amide bonds. The number of nitrogens with one attached hydrogen (secondary N) is 2. The van der Waals surface area contributed by atoms with E-state index in [1.807, 2.05) is 6.92 Å². The highest BCUT2D eigenvalue weighted by molar-refractivity contribution is 7.80. The number of benzene rings is 2. The molecule has 0 unspecified atom stereocenters. The smallest absolute Gasteiger partial charge is 0.186 e. The van der Waals surface area contributed by atoms with E-state index >= 15 is 0 Å². The molecule has 0 radical (unpaired) electrons. The molecule has 2 N–H and O–H groups in total. The first-order valence-electron chi connectivity index (χ1n) is 7.85. The van der Waals surface area contributed by atoms with Gasteiger partial charge in [0.25, 0.3) is 0 Å². The van der Waals surface area contributed by atoms with E-state index in [0.29, 0.717) is 39.3 Å². The lowest BCUT2D eigenvalue weighted by Gasteiger charge is -2.13. The third-order valence-corrected chi connectivity index (χ3v) is 3.76. The summed E-state index contributed by atoms with van der Waals surface area (Å²) in [7, 11) is 1.51. The normalized spacial score (nSPS) is 10.6. The topological polar surface area (TPSA) is 54.9 Å². The minimum atomic E-state index is -0.321. The molecule has 0 spiro atoms. The van der Waals surface area contributed by atoms with Gasteiger partial charge in [-0.15, -0.1) is 0 Å². The summed E-state index contributed by atoms with van der Waals surface area (Å²) in [5.74, 6) is 0.509. The molecule has 0 atom stereocenters. The lowest BCUT2D eigenvalue weighted by Crippen LogP contribution is -2.31. The molecule has 26 heavy (non-hydrogen) atoms. The Bertz CT molecular complexity index is 802. The predicted octanol–water partition coefficient (Wildman–Crippen LogP) is 3.88. The molecule has 2 rings (SSSR count). The van der Waals surface area contributed by atoms with Gasteiger partial charge in [-0.25, -0.2) is 4.39 Å². The maximum Gasteiger partial charge on any atom is 0.186 e. The molecule has 0 bridgehead atoms. The standard InChI is InChI=1S/C18H19ClFN3O2S/c1-3-21-18(26)23-22-10-13-8-15(19)17(16(9-13)24-2)25-11-12-5-4-6-14(20)7-12/h4-10H,3,11H2,1-2H3,(H2,21,23,26)/b22-10-. The van der Waals surface area contributed by atoms with Crippen molar-refractivity contribution in [2.75, 3.05) is 13.7 Å². The Labute approximate surface area is 162 Å². The minimum Gasteiger partial charge on any atom is -0.493 e. The summed E-state index contributed by atoms with van der Waals surface area (Å²) in [5, 5.41) is 7.74.